The van der Waals surface area contributed by atoms with Crippen LogP contribution in [0.2, 0.25) is 0 Å². The van der Waals surface area contributed by atoms with E-state index >= 15 is 0 Å². The van der Waals surface area contributed by atoms with Crippen molar-refractivity contribution in [3.05, 3.63) is 30.0 Å². The van der Waals surface area contributed by atoms with Crippen molar-refractivity contribution in [1.82, 2.24) is 25.1 Å². The van der Waals surface area contributed by atoms with Gasteiger partial charge in [0.05, 0.1) is 0 Å². The second-order valence-electron chi connectivity index (χ2n) is 5.68. The highest BCUT2D eigenvalue weighted by Crippen LogP contribution is 2.26. The molecule has 7 nitrogen and oxygen atoms in total. The molecule has 1 fully saturated rings. The number of aromatic amines is 1. The molecule has 7 heteroatoms. The van der Waals surface area contributed by atoms with Crippen molar-refractivity contribution in [2.75, 3.05) is 13.1 Å². The number of hydrogen-bond donors (Lipinski definition) is 1. The lowest BCUT2D eigenvalue weighted by molar-refractivity contribution is 0.0696. The fourth-order valence-corrected chi connectivity index (χ4v) is 2.77. The van der Waals surface area contributed by atoms with Crippen LogP contribution in [0.5, 0.6) is 0 Å². The first-order chi connectivity index (χ1) is 10.2. The number of nitrogens with one attached hydrogen (secondary N) is 1. The molecule has 112 valence electrons. The van der Waals surface area contributed by atoms with Gasteiger partial charge in [0.1, 0.15) is 17.9 Å². The predicted octanol–water partition coefficient (Wildman–Crippen LogP) is 1.94. The highest BCUT2D eigenvalue weighted by molar-refractivity contribution is 5.93. The van der Waals surface area contributed by atoms with E-state index in [4.69, 9.17) is 4.42 Å². The van der Waals surface area contributed by atoms with Crippen molar-refractivity contribution in [2.45, 2.75) is 38.5 Å². The minimum absolute atomic E-state index is 0.0586. The number of rotatable bonds is 3. The maximum Gasteiger partial charge on any atom is 0.276 e. The molecule has 1 atom stereocenters. The van der Waals surface area contributed by atoms with Crippen molar-refractivity contribution >= 4 is 5.91 Å². The number of aromatic nitrogens is 4. The van der Waals surface area contributed by atoms with Gasteiger partial charge in [-0.25, -0.2) is 9.97 Å². The molecule has 1 aliphatic heterocycles. The number of likely N-dealkylation sites (tertiary alicyclic amines) is 1. The van der Waals surface area contributed by atoms with E-state index in [1.807, 2.05) is 18.7 Å². The Labute approximate surface area is 122 Å². The second-order valence-corrected chi connectivity index (χ2v) is 5.68. The molecule has 0 bridgehead atoms. The second kappa shape index (κ2) is 5.67. The first-order valence-electron chi connectivity index (χ1n) is 7.24. The van der Waals surface area contributed by atoms with Crippen molar-refractivity contribution in [3.63, 3.8) is 0 Å². The van der Waals surface area contributed by atoms with Gasteiger partial charge < -0.3 is 9.32 Å². The van der Waals surface area contributed by atoms with Crippen LogP contribution < -0.4 is 0 Å². The molecule has 3 rings (SSSR count). The molecule has 1 aliphatic rings. The molecule has 0 saturated carbocycles. The fourth-order valence-electron chi connectivity index (χ4n) is 2.77. The number of oxazole rings is 1. The minimum atomic E-state index is -0.0586. The predicted molar refractivity (Wildman–Crippen MR) is 74.9 cm³/mol. The number of nitrogens with zero attached hydrogens (tertiary/aromatic N) is 4. The SMILES string of the molecule is CC(C)c1ocnc1C(=O)N1CCC[C@H](c2ncn[nH]2)C1. The molecule has 2 aromatic rings. The van der Waals surface area contributed by atoms with Gasteiger partial charge in [-0.15, -0.1) is 0 Å². The Morgan fingerprint density at radius 2 is 2.33 bits per heavy atom. The monoisotopic (exact) mass is 289 g/mol. The van der Waals surface area contributed by atoms with Crippen LogP contribution in [0.15, 0.2) is 17.1 Å². The summed E-state index contributed by atoms with van der Waals surface area (Å²) in [6.07, 6.45) is 4.81. The van der Waals surface area contributed by atoms with Gasteiger partial charge in [0.25, 0.3) is 5.91 Å². The molecular formula is C14H19N5O2. The Morgan fingerprint density at radius 1 is 1.48 bits per heavy atom. The summed E-state index contributed by atoms with van der Waals surface area (Å²) in [6.45, 7) is 5.36. The molecule has 0 spiro atoms. The molecule has 2 aromatic heterocycles. The highest BCUT2D eigenvalue weighted by Gasteiger charge is 2.30. The molecule has 0 radical (unpaired) electrons. The van der Waals surface area contributed by atoms with Gasteiger partial charge >= 0.3 is 0 Å². The lowest BCUT2D eigenvalue weighted by atomic mass is 9.97. The summed E-state index contributed by atoms with van der Waals surface area (Å²) >= 11 is 0. The van der Waals surface area contributed by atoms with E-state index < -0.39 is 0 Å². The number of carbonyl (C=O) groups excluding carboxylic acids is 1. The van der Waals surface area contributed by atoms with E-state index in [0.29, 0.717) is 18.0 Å². The number of amides is 1. The van der Waals surface area contributed by atoms with Crippen LogP contribution >= 0.6 is 0 Å². The standard InChI is InChI=1S/C14H19N5O2/c1-9(2)12-11(16-8-21-12)14(20)19-5-3-4-10(6-19)13-15-7-17-18-13/h7-10H,3-6H2,1-2H3,(H,15,17,18)/t10-/m0/s1. The summed E-state index contributed by atoms with van der Waals surface area (Å²) in [4.78, 5) is 22.8. The van der Waals surface area contributed by atoms with Crippen LogP contribution in [0.25, 0.3) is 0 Å². The smallest absolute Gasteiger partial charge is 0.276 e. The van der Waals surface area contributed by atoms with Crippen LogP contribution in [-0.2, 0) is 0 Å². The topological polar surface area (TPSA) is 87.9 Å². The highest BCUT2D eigenvalue weighted by atomic mass is 16.3. The molecule has 3 heterocycles. The summed E-state index contributed by atoms with van der Waals surface area (Å²) in [5.74, 6) is 1.79. The van der Waals surface area contributed by atoms with Crippen molar-refractivity contribution in [3.8, 4) is 0 Å². The maximum atomic E-state index is 12.7. The lowest BCUT2D eigenvalue weighted by Gasteiger charge is -2.31. The van der Waals surface area contributed by atoms with Gasteiger partial charge in [-0.2, -0.15) is 5.10 Å². The Bertz CT molecular complexity index is 605. The van der Waals surface area contributed by atoms with E-state index in [1.54, 1.807) is 0 Å². The summed E-state index contributed by atoms with van der Waals surface area (Å²) in [7, 11) is 0. The van der Waals surface area contributed by atoms with Gasteiger partial charge in [-0.3, -0.25) is 9.89 Å². The molecule has 1 N–H and O–H groups in total. The third-order valence-corrected chi connectivity index (χ3v) is 3.85. The lowest BCUT2D eigenvalue weighted by Crippen LogP contribution is -2.40. The Kier molecular flexibility index (Phi) is 3.72. The average molecular weight is 289 g/mol. The number of hydrogen-bond acceptors (Lipinski definition) is 5. The first kappa shape index (κ1) is 13.8. The molecule has 1 saturated heterocycles. The molecular weight excluding hydrogens is 270 g/mol. The van der Waals surface area contributed by atoms with Crippen LogP contribution in [0.4, 0.5) is 0 Å². The van der Waals surface area contributed by atoms with E-state index in [9.17, 15) is 4.79 Å². The van der Waals surface area contributed by atoms with Gasteiger partial charge in [0.15, 0.2) is 12.1 Å². The number of H-pyrrole nitrogens is 1. The summed E-state index contributed by atoms with van der Waals surface area (Å²) in [5, 5.41) is 6.79. The van der Waals surface area contributed by atoms with Crippen molar-refractivity contribution in [2.24, 2.45) is 0 Å². The summed E-state index contributed by atoms with van der Waals surface area (Å²) in [5.41, 5.74) is 0.434. The molecule has 1 amide bonds. The third-order valence-electron chi connectivity index (χ3n) is 3.85. The Hall–Kier alpha value is -2.18. The Morgan fingerprint density at radius 3 is 3.05 bits per heavy atom. The van der Waals surface area contributed by atoms with Gasteiger partial charge in [-0.1, -0.05) is 13.8 Å². The fraction of sp³-hybridized carbons (Fsp3) is 0.571. The molecule has 0 aromatic carbocycles. The zero-order valence-corrected chi connectivity index (χ0v) is 12.2. The quantitative estimate of drug-likeness (QED) is 0.932. The van der Waals surface area contributed by atoms with Crippen molar-refractivity contribution in [1.29, 1.82) is 0 Å². The zero-order valence-electron chi connectivity index (χ0n) is 12.2. The molecule has 0 aliphatic carbocycles. The summed E-state index contributed by atoms with van der Waals surface area (Å²) in [6, 6.07) is 0. The first-order valence-corrected chi connectivity index (χ1v) is 7.24. The van der Waals surface area contributed by atoms with Crippen molar-refractivity contribution < 1.29 is 9.21 Å². The zero-order chi connectivity index (χ0) is 14.8. The van der Waals surface area contributed by atoms with Gasteiger partial charge in [0.2, 0.25) is 0 Å². The van der Waals surface area contributed by atoms with E-state index in [2.05, 4.69) is 20.2 Å². The minimum Gasteiger partial charge on any atom is -0.447 e. The van der Waals surface area contributed by atoms with Crippen LogP contribution in [0.3, 0.4) is 0 Å². The van der Waals surface area contributed by atoms with Crippen LogP contribution in [0, 0.1) is 0 Å². The average Bonchev–Trinajstić information content (AvgIpc) is 3.17. The summed E-state index contributed by atoms with van der Waals surface area (Å²) < 4.78 is 5.35. The van der Waals surface area contributed by atoms with Gasteiger partial charge in [0, 0.05) is 24.9 Å². The number of piperidine rings is 1. The van der Waals surface area contributed by atoms with E-state index in [-0.39, 0.29) is 17.7 Å². The largest absolute Gasteiger partial charge is 0.447 e. The van der Waals surface area contributed by atoms with Gasteiger partial charge in [-0.05, 0) is 12.8 Å². The molecule has 21 heavy (non-hydrogen) atoms. The third kappa shape index (κ3) is 2.68. The molecule has 0 unspecified atom stereocenters. The maximum absolute atomic E-state index is 12.7. The van der Waals surface area contributed by atoms with Crippen LogP contribution in [-0.4, -0.2) is 44.1 Å². The van der Waals surface area contributed by atoms with E-state index in [0.717, 1.165) is 25.2 Å². The van der Waals surface area contributed by atoms with E-state index in [1.165, 1.54) is 12.7 Å². The number of carbonyl (C=O) groups is 1. The Balaban J connectivity index is 1.77. The normalized spacial score (nSPS) is 19.2. The van der Waals surface area contributed by atoms with Crippen LogP contribution in [0.1, 0.15) is 60.6 Å².